The maximum absolute atomic E-state index is 13.3. The third-order valence-electron chi connectivity index (χ3n) is 9.66. The van der Waals surface area contributed by atoms with E-state index in [2.05, 4.69) is 76.3 Å². The molecular formula is C39H38N4O2S. The normalized spacial score (nSPS) is 19.8. The molecule has 4 N–H and O–H groups in total. The van der Waals surface area contributed by atoms with Gasteiger partial charge in [0.2, 0.25) is 5.91 Å². The highest BCUT2D eigenvalue weighted by Crippen LogP contribution is 2.56. The van der Waals surface area contributed by atoms with Crippen molar-refractivity contribution in [1.82, 2.24) is 10.3 Å². The van der Waals surface area contributed by atoms with Crippen molar-refractivity contribution in [3.05, 3.63) is 142 Å². The minimum absolute atomic E-state index is 0.0639. The van der Waals surface area contributed by atoms with Gasteiger partial charge in [-0.2, -0.15) is 0 Å². The van der Waals surface area contributed by atoms with Crippen LogP contribution in [0.2, 0.25) is 0 Å². The summed E-state index contributed by atoms with van der Waals surface area (Å²) in [4.78, 5) is 30.8. The Morgan fingerprint density at radius 2 is 1.65 bits per heavy atom. The lowest BCUT2D eigenvalue weighted by Gasteiger charge is -2.37. The first kappa shape index (κ1) is 30.1. The van der Waals surface area contributed by atoms with Crippen molar-refractivity contribution in [1.29, 1.82) is 0 Å². The monoisotopic (exact) mass is 626 g/mol. The van der Waals surface area contributed by atoms with Gasteiger partial charge >= 0.3 is 0 Å². The molecule has 2 aliphatic rings. The van der Waals surface area contributed by atoms with Crippen molar-refractivity contribution in [2.45, 2.75) is 55.9 Å². The minimum atomic E-state index is -0.427. The number of hydrogen-bond donors (Lipinski definition) is 3. The second-order valence-corrected chi connectivity index (χ2v) is 13.3. The predicted octanol–water partition coefficient (Wildman–Crippen LogP) is 7.46. The molecule has 6 nitrogen and oxygen atoms in total. The van der Waals surface area contributed by atoms with Gasteiger partial charge in [-0.15, -0.1) is 11.3 Å². The minimum Gasteiger partial charge on any atom is -0.352 e. The Hall–Kier alpha value is -4.59. The highest BCUT2D eigenvalue weighted by molar-refractivity contribution is 7.14. The van der Waals surface area contributed by atoms with Crippen LogP contribution in [0.1, 0.15) is 75.7 Å². The number of nitrogens with zero attached hydrogens (tertiary/aromatic N) is 1. The standard InChI is InChI=1S/C39H38N4O2S/c40-39-22-9-15-27-12-4-5-16-30(27)36(39)32-18-7-6-17-31(32)33(39)19-20-35(44)43-38-42-34(25-46-38)28-13-8-14-29(24-28)37(45)41-23-21-26-10-2-1-3-11-26/h1-8,10-14,16-18,24-25,33,36H,9,15,19-23,40H2,(H,41,45)(H,42,43,44). The van der Waals surface area contributed by atoms with Crippen LogP contribution in [0.25, 0.3) is 11.3 Å². The fourth-order valence-corrected chi connectivity index (χ4v) is 8.24. The van der Waals surface area contributed by atoms with Crippen LogP contribution < -0.4 is 16.4 Å². The Balaban J connectivity index is 0.996. The van der Waals surface area contributed by atoms with E-state index in [9.17, 15) is 9.59 Å². The summed E-state index contributed by atoms with van der Waals surface area (Å²) in [5.74, 6) is 0.0517. The Morgan fingerprint density at radius 3 is 2.50 bits per heavy atom. The molecule has 3 unspecified atom stereocenters. The number of nitrogens with one attached hydrogen (secondary N) is 2. The van der Waals surface area contributed by atoms with E-state index in [-0.39, 0.29) is 23.7 Å². The van der Waals surface area contributed by atoms with Crippen LogP contribution in [-0.4, -0.2) is 28.9 Å². The van der Waals surface area contributed by atoms with Gasteiger partial charge in [0, 0.05) is 46.8 Å². The van der Waals surface area contributed by atoms with E-state index in [1.54, 1.807) is 6.07 Å². The molecular weight excluding hydrogens is 589 g/mol. The molecule has 232 valence electrons. The molecule has 0 saturated carbocycles. The van der Waals surface area contributed by atoms with Gasteiger partial charge in [0.25, 0.3) is 5.91 Å². The molecule has 7 rings (SSSR count). The van der Waals surface area contributed by atoms with Crippen LogP contribution in [0.3, 0.4) is 0 Å². The molecule has 2 amide bonds. The average Bonchev–Trinajstić information content (AvgIpc) is 3.59. The number of thiazole rings is 1. The Morgan fingerprint density at radius 1 is 0.891 bits per heavy atom. The lowest BCUT2D eigenvalue weighted by Crippen LogP contribution is -2.47. The van der Waals surface area contributed by atoms with Crippen molar-refractivity contribution in [2.75, 3.05) is 11.9 Å². The molecule has 3 atom stereocenters. The molecule has 0 aliphatic heterocycles. The van der Waals surface area contributed by atoms with E-state index in [0.717, 1.165) is 36.9 Å². The summed E-state index contributed by atoms with van der Waals surface area (Å²) < 4.78 is 0. The van der Waals surface area contributed by atoms with Crippen LogP contribution in [0.4, 0.5) is 5.13 Å². The third-order valence-corrected chi connectivity index (χ3v) is 10.4. The van der Waals surface area contributed by atoms with Crippen LogP contribution in [-0.2, 0) is 17.6 Å². The summed E-state index contributed by atoms with van der Waals surface area (Å²) >= 11 is 1.39. The molecule has 1 heterocycles. The zero-order chi connectivity index (χ0) is 31.5. The van der Waals surface area contributed by atoms with E-state index >= 15 is 0 Å². The predicted molar refractivity (Wildman–Crippen MR) is 185 cm³/mol. The van der Waals surface area contributed by atoms with Crippen molar-refractivity contribution in [3.63, 3.8) is 0 Å². The molecule has 0 fully saturated rings. The molecule has 0 saturated heterocycles. The van der Waals surface area contributed by atoms with Gasteiger partial charge in [-0.25, -0.2) is 4.98 Å². The van der Waals surface area contributed by atoms with Crippen molar-refractivity contribution < 1.29 is 9.59 Å². The number of rotatable bonds is 9. The van der Waals surface area contributed by atoms with Gasteiger partial charge in [-0.05, 0) is 72.1 Å². The van der Waals surface area contributed by atoms with E-state index in [4.69, 9.17) is 5.73 Å². The quantitative estimate of drug-likeness (QED) is 0.158. The number of anilines is 1. The summed E-state index contributed by atoms with van der Waals surface area (Å²) in [6, 6.07) is 34.9. The molecule has 0 bridgehead atoms. The maximum atomic E-state index is 13.3. The number of nitrogens with two attached hydrogens (primary N) is 1. The number of fused-ring (bicyclic) bond motifs is 5. The van der Waals surface area contributed by atoms with Gasteiger partial charge in [0.05, 0.1) is 5.69 Å². The first-order valence-corrected chi connectivity index (χ1v) is 17.0. The SMILES string of the molecule is NC12CCCc3ccccc3C1c1ccccc1C2CCC(=O)Nc1nc(-c2cccc(C(=O)NCCc3ccccc3)c2)cs1. The van der Waals surface area contributed by atoms with Gasteiger partial charge < -0.3 is 16.4 Å². The third kappa shape index (κ3) is 6.00. The first-order valence-electron chi connectivity index (χ1n) is 16.1. The molecule has 2 aliphatic carbocycles. The van der Waals surface area contributed by atoms with Crippen molar-refractivity contribution >= 4 is 28.3 Å². The number of aromatic nitrogens is 1. The largest absolute Gasteiger partial charge is 0.352 e. The van der Waals surface area contributed by atoms with Gasteiger partial charge in [-0.3, -0.25) is 9.59 Å². The van der Waals surface area contributed by atoms with E-state index < -0.39 is 5.54 Å². The number of amides is 2. The molecule has 4 aromatic carbocycles. The second kappa shape index (κ2) is 13.0. The van der Waals surface area contributed by atoms with Crippen LogP contribution in [0.15, 0.2) is 109 Å². The summed E-state index contributed by atoms with van der Waals surface area (Å²) in [5, 5.41) is 8.49. The zero-order valence-corrected chi connectivity index (χ0v) is 26.6. The molecule has 0 spiro atoms. The first-order chi connectivity index (χ1) is 22.5. The summed E-state index contributed by atoms with van der Waals surface area (Å²) in [5.41, 5.74) is 15.6. The highest BCUT2D eigenvalue weighted by Gasteiger charge is 2.51. The van der Waals surface area contributed by atoms with E-state index in [0.29, 0.717) is 30.1 Å². The van der Waals surface area contributed by atoms with Gasteiger partial charge in [0.1, 0.15) is 0 Å². The van der Waals surface area contributed by atoms with E-state index in [1.807, 2.05) is 41.8 Å². The lowest BCUT2D eigenvalue weighted by atomic mass is 9.72. The lowest BCUT2D eigenvalue weighted by molar-refractivity contribution is -0.116. The summed E-state index contributed by atoms with van der Waals surface area (Å²) in [6.07, 6.45) is 4.81. The van der Waals surface area contributed by atoms with Crippen molar-refractivity contribution in [2.24, 2.45) is 5.73 Å². The van der Waals surface area contributed by atoms with Crippen molar-refractivity contribution in [3.8, 4) is 11.3 Å². The van der Waals surface area contributed by atoms with Crippen LogP contribution in [0.5, 0.6) is 0 Å². The highest BCUT2D eigenvalue weighted by atomic mass is 32.1. The topological polar surface area (TPSA) is 97.1 Å². The second-order valence-electron chi connectivity index (χ2n) is 12.5. The molecule has 7 heteroatoms. The van der Waals surface area contributed by atoms with Crippen LogP contribution >= 0.6 is 11.3 Å². The van der Waals surface area contributed by atoms with Gasteiger partial charge in [0.15, 0.2) is 5.13 Å². The number of aryl methyl sites for hydroxylation is 1. The molecule has 0 radical (unpaired) electrons. The average molecular weight is 627 g/mol. The van der Waals surface area contributed by atoms with Crippen LogP contribution in [0, 0.1) is 0 Å². The maximum Gasteiger partial charge on any atom is 0.251 e. The zero-order valence-electron chi connectivity index (χ0n) is 25.7. The fourth-order valence-electron chi connectivity index (χ4n) is 7.51. The number of hydrogen-bond acceptors (Lipinski definition) is 5. The number of carbonyl (C=O) groups is 2. The molecule has 5 aromatic rings. The summed E-state index contributed by atoms with van der Waals surface area (Å²) in [6.45, 7) is 0.561. The Bertz CT molecular complexity index is 1870. The van der Waals surface area contributed by atoms with Gasteiger partial charge in [-0.1, -0.05) is 91.0 Å². The smallest absolute Gasteiger partial charge is 0.251 e. The Labute approximate surface area is 274 Å². The van der Waals surface area contributed by atoms with E-state index in [1.165, 1.54) is 39.2 Å². The summed E-state index contributed by atoms with van der Waals surface area (Å²) in [7, 11) is 0. The Kier molecular flexibility index (Phi) is 8.52. The molecule has 1 aromatic heterocycles. The number of carbonyl (C=O) groups excluding carboxylic acids is 2. The number of benzene rings is 4. The fraction of sp³-hybridized carbons (Fsp3) is 0.256. The molecule has 46 heavy (non-hydrogen) atoms.